The minimum absolute atomic E-state index is 0.358. The predicted molar refractivity (Wildman–Crippen MR) is 69.3 cm³/mol. The molecule has 0 N–H and O–H groups in total. The summed E-state index contributed by atoms with van der Waals surface area (Å²) in [4.78, 5) is 0. The van der Waals surface area contributed by atoms with E-state index < -0.39 is 0 Å². The Bertz CT molecular complexity index is 435. The molecular weight excluding hydrogens is 304 g/mol. The molecule has 0 aliphatic heterocycles. The standard InChI is InChI=1S/C12H10Br2/c13-12(14)8-9-5-6-10-3-1-2-4-11(10)7-9/h1-7,12H,8H2. The highest BCUT2D eigenvalue weighted by Crippen LogP contribution is 2.20. The number of fused-ring (bicyclic) bond motifs is 1. The number of halogens is 2. The van der Waals surface area contributed by atoms with E-state index in [9.17, 15) is 0 Å². The van der Waals surface area contributed by atoms with Crippen LogP contribution in [0.2, 0.25) is 0 Å². The van der Waals surface area contributed by atoms with Crippen LogP contribution in [0.3, 0.4) is 0 Å². The summed E-state index contributed by atoms with van der Waals surface area (Å²) in [7, 11) is 0. The molecule has 0 aliphatic carbocycles. The molecule has 0 saturated carbocycles. The number of alkyl halides is 2. The quantitative estimate of drug-likeness (QED) is 0.716. The third-order valence-electron chi connectivity index (χ3n) is 2.20. The highest BCUT2D eigenvalue weighted by molar-refractivity contribution is 9.24. The first-order valence-corrected chi connectivity index (χ1v) is 6.34. The summed E-state index contributed by atoms with van der Waals surface area (Å²) in [6.45, 7) is 0. The molecule has 0 atom stereocenters. The summed E-state index contributed by atoms with van der Waals surface area (Å²) in [5.41, 5.74) is 1.35. The third-order valence-corrected chi connectivity index (χ3v) is 2.85. The van der Waals surface area contributed by atoms with Crippen LogP contribution >= 0.6 is 31.9 Å². The van der Waals surface area contributed by atoms with Gasteiger partial charge in [0.15, 0.2) is 0 Å². The Morgan fingerprint density at radius 1 is 0.929 bits per heavy atom. The molecule has 0 aliphatic rings. The molecule has 0 unspecified atom stereocenters. The zero-order chi connectivity index (χ0) is 9.97. The van der Waals surface area contributed by atoms with E-state index in [-0.39, 0.29) is 0 Å². The van der Waals surface area contributed by atoms with Gasteiger partial charge in [-0.25, -0.2) is 0 Å². The molecule has 0 nitrogen and oxygen atoms in total. The van der Waals surface area contributed by atoms with Crippen LogP contribution < -0.4 is 0 Å². The SMILES string of the molecule is BrC(Br)Cc1ccc2ccccc2c1. The van der Waals surface area contributed by atoms with Gasteiger partial charge in [-0.15, -0.1) is 0 Å². The van der Waals surface area contributed by atoms with Crippen molar-refractivity contribution in [3.8, 4) is 0 Å². The molecule has 2 aromatic rings. The molecule has 0 amide bonds. The van der Waals surface area contributed by atoms with Crippen LogP contribution in [0, 0.1) is 0 Å². The Kier molecular flexibility index (Phi) is 3.24. The maximum absolute atomic E-state index is 3.49. The summed E-state index contributed by atoms with van der Waals surface area (Å²) in [5, 5.41) is 2.61. The number of rotatable bonds is 2. The van der Waals surface area contributed by atoms with Crippen LogP contribution in [0.4, 0.5) is 0 Å². The zero-order valence-corrected chi connectivity index (χ0v) is 10.8. The minimum Gasteiger partial charge on any atom is -0.0761 e. The summed E-state index contributed by atoms with van der Waals surface area (Å²) in [6, 6.07) is 15.0. The summed E-state index contributed by atoms with van der Waals surface area (Å²) < 4.78 is 0.358. The fourth-order valence-electron chi connectivity index (χ4n) is 1.54. The molecule has 0 spiro atoms. The molecule has 0 fully saturated rings. The average Bonchev–Trinajstić information content (AvgIpc) is 2.17. The smallest absolute Gasteiger partial charge is 0.0738 e. The van der Waals surface area contributed by atoms with Crippen LogP contribution in [0.25, 0.3) is 10.8 Å². The first-order valence-electron chi connectivity index (χ1n) is 4.51. The minimum atomic E-state index is 0.358. The molecule has 0 heterocycles. The van der Waals surface area contributed by atoms with Gasteiger partial charge >= 0.3 is 0 Å². The van der Waals surface area contributed by atoms with Crippen molar-refractivity contribution in [2.24, 2.45) is 0 Å². The van der Waals surface area contributed by atoms with Crippen LogP contribution in [0.15, 0.2) is 42.5 Å². The van der Waals surface area contributed by atoms with Crippen LogP contribution in [0.1, 0.15) is 5.56 Å². The highest BCUT2D eigenvalue weighted by atomic mass is 79.9. The van der Waals surface area contributed by atoms with Gasteiger partial charge in [-0.2, -0.15) is 0 Å². The molecule has 2 rings (SSSR count). The molecule has 0 radical (unpaired) electrons. The van der Waals surface area contributed by atoms with Gasteiger partial charge in [-0.1, -0.05) is 74.3 Å². The number of benzene rings is 2. The Hall–Kier alpha value is -0.340. The fraction of sp³-hybridized carbons (Fsp3) is 0.167. The van der Waals surface area contributed by atoms with Gasteiger partial charge in [0.1, 0.15) is 0 Å². The average molecular weight is 314 g/mol. The predicted octanol–water partition coefficient (Wildman–Crippen LogP) is 4.50. The lowest BCUT2D eigenvalue weighted by molar-refractivity contribution is 1.14. The van der Waals surface area contributed by atoms with E-state index in [1.54, 1.807) is 0 Å². The Labute approximate surface area is 101 Å². The largest absolute Gasteiger partial charge is 0.0761 e. The van der Waals surface area contributed by atoms with Gasteiger partial charge in [-0.3, -0.25) is 0 Å². The van der Waals surface area contributed by atoms with E-state index >= 15 is 0 Å². The van der Waals surface area contributed by atoms with Crippen LogP contribution in [-0.4, -0.2) is 3.74 Å². The zero-order valence-electron chi connectivity index (χ0n) is 7.58. The van der Waals surface area contributed by atoms with Gasteiger partial charge in [-0.05, 0) is 22.8 Å². The van der Waals surface area contributed by atoms with Gasteiger partial charge in [0.2, 0.25) is 0 Å². The van der Waals surface area contributed by atoms with Crippen molar-refractivity contribution in [3.63, 3.8) is 0 Å². The lowest BCUT2D eigenvalue weighted by Gasteiger charge is -2.04. The molecule has 2 heteroatoms. The van der Waals surface area contributed by atoms with E-state index in [2.05, 4.69) is 74.3 Å². The number of hydrogen-bond donors (Lipinski definition) is 0. The normalized spacial score (nSPS) is 11.1. The highest BCUT2D eigenvalue weighted by Gasteiger charge is 2.01. The second-order valence-electron chi connectivity index (χ2n) is 3.28. The topological polar surface area (TPSA) is 0 Å². The number of hydrogen-bond acceptors (Lipinski definition) is 0. The van der Waals surface area contributed by atoms with Crippen molar-refractivity contribution >= 4 is 42.6 Å². The summed E-state index contributed by atoms with van der Waals surface area (Å²) in [5.74, 6) is 0. The van der Waals surface area contributed by atoms with E-state index in [4.69, 9.17) is 0 Å². The van der Waals surface area contributed by atoms with E-state index in [1.807, 2.05) is 0 Å². The van der Waals surface area contributed by atoms with Crippen molar-refractivity contribution in [2.75, 3.05) is 0 Å². The van der Waals surface area contributed by atoms with Crippen LogP contribution in [0.5, 0.6) is 0 Å². The van der Waals surface area contributed by atoms with Crippen molar-refractivity contribution in [1.82, 2.24) is 0 Å². The third kappa shape index (κ3) is 2.37. The molecule has 2 aromatic carbocycles. The van der Waals surface area contributed by atoms with E-state index in [0.717, 1.165) is 6.42 Å². The molecule has 14 heavy (non-hydrogen) atoms. The Morgan fingerprint density at radius 3 is 2.36 bits per heavy atom. The molecule has 72 valence electrons. The van der Waals surface area contributed by atoms with Crippen molar-refractivity contribution in [1.29, 1.82) is 0 Å². The summed E-state index contributed by atoms with van der Waals surface area (Å²) in [6.07, 6.45) is 1.00. The first kappa shape index (κ1) is 10.2. The van der Waals surface area contributed by atoms with E-state index in [1.165, 1.54) is 16.3 Å². The van der Waals surface area contributed by atoms with Gasteiger partial charge in [0.25, 0.3) is 0 Å². The molecule has 0 saturated heterocycles. The Balaban J connectivity index is 2.41. The lowest BCUT2D eigenvalue weighted by Crippen LogP contribution is -1.92. The molecule has 0 aromatic heterocycles. The van der Waals surface area contributed by atoms with Crippen molar-refractivity contribution in [3.05, 3.63) is 48.0 Å². The molecular formula is C12H10Br2. The molecule has 0 bridgehead atoms. The van der Waals surface area contributed by atoms with Crippen molar-refractivity contribution in [2.45, 2.75) is 10.2 Å². The van der Waals surface area contributed by atoms with E-state index in [0.29, 0.717) is 3.74 Å². The first-order chi connectivity index (χ1) is 6.75. The second kappa shape index (κ2) is 4.45. The second-order valence-corrected chi connectivity index (χ2v) is 6.72. The maximum atomic E-state index is 3.49. The van der Waals surface area contributed by atoms with Gasteiger partial charge in [0.05, 0.1) is 3.74 Å². The summed E-state index contributed by atoms with van der Waals surface area (Å²) >= 11 is 6.98. The van der Waals surface area contributed by atoms with Crippen LogP contribution in [-0.2, 0) is 6.42 Å². The fourth-order valence-corrected chi connectivity index (χ4v) is 2.29. The van der Waals surface area contributed by atoms with Gasteiger partial charge in [0, 0.05) is 0 Å². The Morgan fingerprint density at radius 2 is 1.64 bits per heavy atom. The lowest BCUT2D eigenvalue weighted by atomic mass is 10.1. The van der Waals surface area contributed by atoms with Crippen molar-refractivity contribution < 1.29 is 0 Å². The maximum Gasteiger partial charge on any atom is 0.0738 e. The van der Waals surface area contributed by atoms with Gasteiger partial charge < -0.3 is 0 Å². The monoisotopic (exact) mass is 312 g/mol.